The van der Waals surface area contributed by atoms with Gasteiger partial charge < -0.3 is 16.0 Å². The van der Waals surface area contributed by atoms with Crippen molar-refractivity contribution >= 4 is 17.5 Å². The number of pyridine rings is 1. The first-order valence-corrected chi connectivity index (χ1v) is 6.77. The van der Waals surface area contributed by atoms with E-state index in [1.54, 1.807) is 0 Å². The lowest BCUT2D eigenvalue weighted by atomic mass is 10.2. The number of carbonyl (C=O) groups excluding carboxylic acids is 2. The Morgan fingerprint density at radius 3 is 2.32 bits per heavy atom. The Morgan fingerprint density at radius 2 is 1.82 bits per heavy atom. The molecule has 1 heterocycles. The van der Waals surface area contributed by atoms with E-state index in [0.717, 1.165) is 11.3 Å². The highest BCUT2D eigenvalue weighted by atomic mass is 16.2. The van der Waals surface area contributed by atoms with Crippen LogP contribution in [-0.4, -0.2) is 30.9 Å². The van der Waals surface area contributed by atoms with Crippen molar-refractivity contribution in [3.8, 4) is 0 Å². The van der Waals surface area contributed by atoms with Gasteiger partial charge in [-0.15, -0.1) is 0 Å². The van der Waals surface area contributed by atoms with Crippen LogP contribution in [0.2, 0.25) is 0 Å². The van der Waals surface area contributed by atoms with E-state index in [1.165, 1.54) is 18.3 Å². The second-order valence-electron chi connectivity index (χ2n) is 5.04. The molecular weight excluding hydrogens is 280 g/mol. The van der Waals surface area contributed by atoms with Gasteiger partial charge in [0.25, 0.3) is 11.8 Å². The summed E-state index contributed by atoms with van der Waals surface area (Å²) in [5.74, 6) is -0.867. The maximum absolute atomic E-state index is 12.0. The minimum atomic E-state index is -0.618. The predicted octanol–water partition coefficient (Wildman–Crippen LogP) is 1.18. The Hall–Kier alpha value is -2.89. The third kappa shape index (κ3) is 3.82. The SMILES string of the molecule is CN(C)c1ccc(CNC(=O)c2ccc(C(N)=O)nc2)cc1. The number of aromatic nitrogens is 1. The average Bonchev–Trinajstić information content (AvgIpc) is 2.53. The van der Waals surface area contributed by atoms with Crippen LogP contribution in [0.25, 0.3) is 0 Å². The lowest BCUT2D eigenvalue weighted by molar-refractivity contribution is 0.0947. The molecule has 2 amide bonds. The molecule has 0 saturated heterocycles. The van der Waals surface area contributed by atoms with Crippen LogP contribution in [0.1, 0.15) is 26.4 Å². The molecule has 2 rings (SSSR count). The largest absolute Gasteiger partial charge is 0.378 e. The van der Waals surface area contributed by atoms with Gasteiger partial charge in [0.15, 0.2) is 0 Å². The second kappa shape index (κ2) is 6.71. The number of primary amides is 1. The van der Waals surface area contributed by atoms with E-state index in [1.807, 2.05) is 43.3 Å². The molecule has 2 aromatic rings. The quantitative estimate of drug-likeness (QED) is 0.867. The highest BCUT2D eigenvalue weighted by Crippen LogP contribution is 2.12. The molecule has 0 bridgehead atoms. The first-order valence-electron chi connectivity index (χ1n) is 6.77. The van der Waals surface area contributed by atoms with Crippen LogP contribution in [-0.2, 0) is 6.54 Å². The summed E-state index contributed by atoms with van der Waals surface area (Å²) in [4.78, 5) is 28.8. The number of nitrogens with zero attached hydrogens (tertiary/aromatic N) is 2. The molecule has 114 valence electrons. The number of hydrogen-bond donors (Lipinski definition) is 2. The lowest BCUT2D eigenvalue weighted by Crippen LogP contribution is -2.23. The van der Waals surface area contributed by atoms with Gasteiger partial charge in [0.1, 0.15) is 5.69 Å². The van der Waals surface area contributed by atoms with Crippen molar-refractivity contribution < 1.29 is 9.59 Å². The van der Waals surface area contributed by atoms with Crippen LogP contribution in [0.3, 0.4) is 0 Å². The van der Waals surface area contributed by atoms with Crippen molar-refractivity contribution in [2.45, 2.75) is 6.54 Å². The normalized spacial score (nSPS) is 10.1. The first-order chi connectivity index (χ1) is 10.5. The molecule has 6 heteroatoms. The summed E-state index contributed by atoms with van der Waals surface area (Å²) in [5.41, 5.74) is 7.72. The Balaban J connectivity index is 1.96. The molecular formula is C16H18N4O2. The number of anilines is 1. The number of nitrogens with two attached hydrogens (primary N) is 1. The minimum absolute atomic E-state index is 0.135. The fraction of sp³-hybridized carbons (Fsp3) is 0.188. The van der Waals surface area contributed by atoms with Crippen LogP contribution < -0.4 is 16.0 Å². The third-order valence-corrected chi connectivity index (χ3v) is 3.18. The lowest BCUT2D eigenvalue weighted by Gasteiger charge is -2.13. The van der Waals surface area contributed by atoms with E-state index in [-0.39, 0.29) is 11.6 Å². The maximum atomic E-state index is 12.0. The minimum Gasteiger partial charge on any atom is -0.378 e. The molecule has 0 spiro atoms. The van der Waals surface area contributed by atoms with E-state index in [4.69, 9.17) is 5.73 Å². The van der Waals surface area contributed by atoms with Gasteiger partial charge in [0.05, 0.1) is 5.56 Å². The first kappa shape index (κ1) is 15.5. The van der Waals surface area contributed by atoms with E-state index in [2.05, 4.69) is 10.3 Å². The number of rotatable bonds is 5. The molecule has 1 aromatic carbocycles. The summed E-state index contributed by atoms with van der Waals surface area (Å²) in [5, 5.41) is 2.80. The van der Waals surface area contributed by atoms with E-state index in [0.29, 0.717) is 12.1 Å². The van der Waals surface area contributed by atoms with Gasteiger partial charge in [-0.25, -0.2) is 0 Å². The number of amides is 2. The fourth-order valence-corrected chi connectivity index (χ4v) is 1.87. The van der Waals surface area contributed by atoms with Crippen LogP contribution in [0.4, 0.5) is 5.69 Å². The molecule has 22 heavy (non-hydrogen) atoms. The van der Waals surface area contributed by atoms with Crippen molar-refractivity contribution in [2.75, 3.05) is 19.0 Å². The average molecular weight is 298 g/mol. The third-order valence-electron chi connectivity index (χ3n) is 3.18. The van der Waals surface area contributed by atoms with Gasteiger partial charge in [-0.2, -0.15) is 0 Å². The Labute approximate surface area is 129 Å². The zero-order valence-electron chi connectivity index (χ0n) is 12.5. The van der Waals surface area contributed by atoms with Crippen LogP contribution >= 0.6 is 0 Å². The summed E-state index contributed by atoms with van der Waals surface area (Å²) >= 11 is 0. The van der Waals surface area contributed by atoms with E-state index in [9.17, 15) is 9.59 Å². The van der Waals surface area contributed by atoms with Crippen LogP contribution in [0.15, 0.2) is 42.6 Å². The van der Waals surface area contributed by atoms with Crippen molar-refractivity contribution in [1.82, 2.24) is 10.3 Å². The number of carbonyl (C=O) groups is 2. The number of nitrogens with one attached hydrogen (secondary N) is 1. The molecule has 1 aromatic heterocycles. The van der Waals surface area contributed by atoms with Gasteiger partial charge in [-0.1, -0.05) is 12.1 Å². The summed E-state index contributed by atoms with van der Waals surface area (Å²) in [7, 11) is 3.94. The van der Waals surface area contributed by atoms with Crippen LogP contribution in [0, 0.1) is 0 Å². The predicted molar refractivity (Wildman–Crippen MR) is 84.7 cm³/mol. The van der Waals surface area contributed by atoms with Gasteiger partial charge >= 0.3 is 0 Å². The molecule has 6 nitrogen and oxygen atoms in total. The molecule has 0 saturated carbocycles. The number of hydrogen-bond acceptors (Lipinski definition) is 4. The van der Waals surface area contributed by atoms with Crippen molar-refractivity contribution in [1.29, 1.82) is 0 Å². The maximum Gasteiger partial charge on any atom is 0.267 e. The smallest absolute Gasteiger partial charge is 0.267 e. The van der Waals surface area contributed by atoms with Crippen molar-refractivity contribution in [3.05, 3.63) is 59.4 Å². The van der Waals surface area contributed by atoms with Crippen LogP contribution in [0.5, 0.6) is 0 Å². The molecule has 0 unspecified atom stereocenters. The van der Waals surface area contributed by atoms with E-state index >= 15 is 0 Å². The highest BCUT2D eigenvalue weighted by Gasteiger charge is 2.08. The summed E-state index contributed by atoms with van der Waals surface area (Å²) in [6.45, 7) is 0.421. The standard InChI is InChI=1S/C16H18N4O2/c1-20(2)13-6-3-11(4-7-13)9-19-16(22)12-5-8-14(15(17)21)18-10-12/h3-8,10H,9H2,1-2H3,(H2,17,21)(H,19,22). The molecule has 3 N–H and O–H groups in total. The van der Waals surface area contributed by atoms with Crippen molar-refractivity contribution in [2.24, 2.45) is 5.73 Å². The summed E-state index contributed by atoms with van der Waals surface area (Å²) < 4.78 is 0. The summed E-state index contributed by atoms with van der Waals surface area (Å²) in [6, 6.07) is 10.9. The van der Waals surface area contributed by atoms with Gasteiger partial charge in [0.2, 0.25) is 0 Å². The number of benzene rings is 1. The van der Waals surface area contributed by atoms with E-state index < -0.39 is 5.91 Å². The zero-order valence-corrected chi connectivity index (χ0v) is 12.5. The Morgan fingerprint density at radius 1 is 1.14 bits per heavy atom. The fourth-order valence-electron chi connectivity index (χ4n) is 1.87. The summed E-state index contributed by atoms with van der Waals surface area (Å²) in [6.07, 6.45) is 1.34. The van der Waals surface area contributed by atoms with Crippen molar-refractivity contribution in [3.63, 3.8) is 0 Å². The molecule has 0 radical (unpaired) electrons. The Kier molecular flexibility index (Phi) is 4.73. The highest BCUT2D eigenvalue weighted by molar-refractivity contribution is 5.95. The molecule has 0 aliphatic heterocycles. The topological polar surface area (TPSA) is 88.3 Å². The monoisotopic (exact) mass is 298 g/mol. The molecule has 0 aliphatic carbocycles. The molecule has 0 aliphatic rings. The zero-order chi connectivity index (χ0) is 16.1. The second-order valence-corrected chi connectivity index (χ2v) is 5.04. The Bertz CT molecular complexity index is 664. The molecule has 0 atom stereocenters. The van der Waals surface area contributed by atoms with Gasteiger partial charge in [-0.3, -0.25) is 14.6 Å². The molecule has 0 fully saturated rings. The van der Waals surface area contributed by atoms with Gasteiger partial charge in [-0.05, 0) is 29.8 Å². The van der Waals surface area contributed by atoms with Gasteiger partial charge in [0, 0.05) is 32.5 Å².